The number of aromatic nitrogens is 1. The van der Waals surface area contributed by atoms with Gasteiger partial charge < -0.3 is 14.7 Å². The molecule has 5 nitrogen and oxygen atoms in total. The SMILES string of the molecule is CCNCc1cc(CN2CCCN(C)CC2CC)on1. The minimum absolute atomic E-state index is 0.616. The second kappa shape index (κ2) is 7.76. The quantitative estimate of drug-likeness (QED) is 0.859. The van der Waals surface area contributed by atoms with Gasteiger partial charge in [-0.1, -0.05) is 19.0 Å². The third kappa shape index (κ3) is 4.30. The van der Waals surface area contributed by atoms with Crippen molar-refractivity contribution in [3.05, 3.63) is 17.5 Å². The summed E-state index contributed by atoms with van der Waals surface area (Å²) < 4.78 is 5.48. The fraction of sp³-hybridized carbons (Fsp3) is 0.800. The lowest BCUT2D eigenvalue weighted by molar-refractivity contribution is 0.159. The molecule has 5 heteroatoms. The standard InChI is InChI=1S/C15H28N4O/c1-4-14-11-18(3)7-6-8-19(14)12-15-9-13(17-20-15)10-16-5-2/h9,14,16H,4-8,10-12H2,1-3H3. The highest BCUT2D eigenvalue weighted by Crippen LogP contribution is 2.16. The molecule has 20 heavy (non-hydrogen) atoms. The maximum absolute atomic E-state index is 5.48. The van der Waals surface area contributed by atoms with Crippen LogP contribution in [0.15, 0.2) is 10.6 Å². The summed E-state index contributed by atoms with van der Waals surface area (Å²) in [5.41, 5.74) is 1.00. The average molecular weight is 280 g/mol. The lowest BCUT2D eigenvalue weighted by Gasteiger charge is -2.29. The highest BCUT2D eigenvalue weighted by atomic mass is 16.5. The van der Waals surface area contributed by atoms with E-state index in [-0.39, 0.29) is 0 Å². The van der Waals surface area contributed by atoms with Crippen LogP contribution in [0.25, 0.3) is 0 Å². The summed E-state index contributed by atoms with van der Waals surface area (Å²) in [5.74, 6) is 0.987. The Morgan fingerprint density at radius 2 is 2.25 bits per heavy atom. The van der Waals surface area contributed by atoms with E-state index in [1.807, 2.05) is 0 Å². The van der Waals surface area contributed by atoms with Gasteiger partial charge in [0.05, 0.1) is 12.2 Å². The zero-order chi connectivity index (χ0) is 14.4. The van der Waals surface area contributed by atoms with Crippen molar-refractivity contribution in [2.45, 2.75) is 45.8 Å². The minimum Gasteiger partial charge on any atom is -0.360 e. The molecule has 1 aliphatic heterocycles. The van der Waals surface area contributed by atoms with E-state index in [9.17, 15) is 0 Å². The van der Waals surface area contributed by atoms with Crippen LogP contribution in [-0.4, -0.2) is 54.2 Å². The Morgan fingerprint density at radius 3 is 3.00 bits per heavy atom. The van der Waals surface area contributed by atoms with Gasteiger partial charge in [0.25, 0.3) is 0 Å². The molecule has 1 atom stereocenters. The second-order valence-corrected chi connectivity index (χ2v) is 5.71. The topological polar surface area (TPSA) is 44.5 Å². The van der Waals surface area contributed by atoms with E-state index < -0.39 is 0 Å². The fourth-order valence-corrected chi connectivity index (χ4v) is 2.86. The van der Waals surface area contributed by atoms with Gasteiger partial charge >= 0.3 is 0 Å². The summed E-state index contributed by atoms with van der Waals surface area (Å²) in [6.45, 7) is 10.5. The maximum atomic E-state index is 5.48. The van der Waals surface area contributed by atoms with Crippen LogP contribution in [-0.2, 0) is 13.1 Å². The normalized spacial score (nSPS) is 22.1. The molecular weight excluding hydrogens is 252 g/mol. The first-order valence-corrected chi connectivity index (χ1v) is 7.80. The van der Waals surface area contributed by atoms with Crippen molar-refractivity contribution in [2.24, 2.45) is 0 Å². The van der Waals surface area contributed by atoms with Crippen LogP contribution < -0.4 is 5.32 Å². The van der Waals surface area contributed by atoms with Crippen molar-refractivity contribution in [1.82, 2.24) is 20.3 Å². The largest absolute Gasteiger partial charge is 0.360 e. The first kappa shape index (κ1) is 15.5. The van der Waals surface area contributed by atoms with Crippen molar-refractivity contribution < 1.29 is 4.52 Å². The van der Waals surface area contributed by atoms with Gasteiger partial charge in [0.1, 0.15) is 0 Å². The number of nitrogens with one attached hydrogen (secondary N) is 1. The summed E-state index contributed by atoms with van der Waals surface area (Å²) in [6, 6.07) is 2.70. The van der Waals surface area contributed by atoms with Crippen LogP contribution in [0.1, 0.15) is 38.1 Å². The van der Waals surface area contributed by atoms with Crippen LogP contribution in [0.2, 0.25) is 0 Å². The number of rotatable bonds is 6. The molecule has 1 aromatic heterocycles. The lowest BCUT2D eigenvalue weighted by atomic mass is 10.2. The lowest BCUT2D eigenvalue weighted by Crippen LogP contribution is -2.39. The van der Waals surface area contributed by atoms with Crippen LogP contribution in [0.5, 0.6) is 0 Å². The van der Waals surface area contributed by atoms with Gasteiger partial charge in [-0.2, -0.15) is 0 Å². The van der Waals surface area contributed by atoms with Crippen LogP contribution in [0.4, 0.5) is 0 Å². The van der Waals surface area contributed by atoms with Gasteiger partial charge in [-0.05, 0) is 33.0 Å². The van der Waals surface area contributed by atoms with E-state index in [0.29, 0.717) is 6.04 Å². The van der Waals surface area contributed by atoms with Crippen molar-refractivity contribution in [1.29, 1.82) is 0 Å². The maximum Gasteiger partial charge on any atom is 0.151 e. The Balaban J connectivity index is 1.94. The molecule has 0 aliphatic carbocycles. The number of hydrogen-bond donors (Lipinski definition) is 1. The summed E-state index contributed by atoms with van der Waals surface area (Å²) >= 11 is 0. The van der Waals surface area contributed by atoms with Crippen molar-refractivity contribution >= 4 is 0 Å². The van der Waals surface area contributed by atoms with E-state index in [1.54, 1.807) is 0 Å². The van der Waals surface area contributed by atoms with E-state index in [0.717, 1.165) is 44.2 Å². The minimum atomic E-state index is 0.616. The molecule has 0 amide bonds. The Hall–Kier alpha value is -0.910. The van der Waals surface area contributed by atoms with Gasteiger partial charge in [0, 0.05) is 31.7 Å². The highest BCUT2D eigenvalue weighted by molar-refractivity contribution is 5.05. The molecule has 1 unspecified atom stereocenters. The predicted molar refractivity (Wildman–Crippen MR) is 80.5 cm³/mol. The zero-order valence-electron chi connectivity index (χ0n) is 13.1. The highest BCUT2D eigenvalue weighted by Gasteiger charge is 2.23. The Labute approximate surface area is 122 Å². The number of nitrogens with zero attached hydrogens (tertiary/aromatic N) is 3. The van der Waals surface area contributed by atoms with E-state index in [2.05, 4.69) is 47.2 Å². The molecule has 2 heterocycles. The Kier molecular flexibility index (Phi) is 6.01. The van der Waals surface area contributed by atoms with Gasteiger partial charge in [-0.15, -0.1) is 0 Å². The molecule has 1 saturated heterocycles. The molecule has 0 saturated carbocycles. The van der Waals surface area contributed by atoms with Crippen molar-refractivity contribution in [2.75, 3.05) is 33.2 Å². The Bertz CT molecular complexity index is 393. The summed E-state index contributed by atoms with van der Waals surface area (Å²) in [5, 5.41) is 7.41. The monoisotopic (exact) mass is 280 g/mol. The number of hydrogen-bond acceptors (Lipinski definition) is 5. The molecule has 1 aliphatic rings. The third-order valence-electron chi connectivity index (χ3n) is 4.02. The summed E-state index contributed by atoms with van der Waals surface area (Å²) in [7, 11) is 2.22. The van der Waals surface area contributed by atoms with E-state index in [4.69, 9.17) is 4.52 Å². The molecule has 2 rings (SSSR count). The average Bonchev–Trinajstić information content (AvgIpc) is 2.81. The molecule has 1 N–H and O–H groups in total. The van der Waals surface area contributed by atoms with Crippen molar-refractivity contribution in [3.63, 3.8) is 0 Å². The number of likely N-dealkylation sites (N-methyl/N-ethyl adjacent to an activating group) is 1. The second-order valence-electron chi connectivity index (χ2n) is 5.71. The van der Waals surface area contributed by atoms with E-state index >= 15 is 0 Å². The fourth-order valence-electron chi connectivity index (χ4n) is 2.86. The molecule has 1 fully saturated rings. The molecular formula is C15H28N4O. The summed E-state index contributed by atoms with van der Waals surface area (Å²) in [4.78, 5) is 4.98. The van der Waals surface area contributed by atoms with Crippen LogP contribution in [0.3, 0.4) is 0 Å². The van der Waals surface area contributed by atoms with Crippen molar-refractivity contribution in [3.8, 4) is 0 Å². The summed E-state index contributed by atoms with van der Waals surface area (Å²) in [6.07, 6.45) is 2.41. The van der Waals surface area contributed by atoms with Crippen LogP contribution >= 0.6 is 0 Å². The first-order valence-electron chi connectivity index (χ1n) is 7.80. The van der Waals surface area contributed by atoms with Gasteiger partial charge in [-0.25, -0.2) is 0 Å². The smallest absolute Gasteiger partial charge is 0.151 e. The first-order chi connectivity index (χ1) is 9.72. The molecule has 0 radical (unpaired) electrons. The van der Waals surface area contributed by atoms with Gasteiger partial charge in [0.2, 0.25) is 0 Å². The Morgan fingerprint density at radius 1 is 1.40 bits per heavy atom. The zero-order valence-corrected chi connectivity index (χ0v) is 13.1. The van der Waals surface area contributed by atoms with Crippen LogP contribution in [0, 0.1) is 0 Å². The molecule has 1 aromatic rings. The predicted octanol–water partition coefficient (Wildman–Crippen LogP) is 1.70. The van der Waals surface area contributed by atoms with Gasteiger partial charge in [-0.3, -0.25) is 4.90 Å². The van der Waals surface area contributed by atoms with Gasteiger partial charge in [0.15, 0.2) is 5.76 Å². The van der Waals surface area contributed by atoms with E-state index in [1.165, 1.54) is 19.4 Å². The molecule has 0 spiro atoms. The molecule has 0 aromatic carbocycles. The molecule has 114 valence electrons. The molecule has 0 bridgehead atoms. The third-order valence-corrected chi connectivity index (χ3v) is 4.02.